The number of nitrogens with one attached hydrogen (secondary N) is 2. The Morgan fingerprint density at radius 2 is 2.04 bits per heavy atom. The molecule has 2 atom stereocenters. The van der Waals surface area contributed by atoms with E-state index in [0.29, 0.717) is 17.8 Å². The van der Waals surface area contributed by atoms with Crippen LogP contribution in [-0.2, 0) is 7.05 Å². The van der Waals surface area contributed by atoms with Gasteiger partial charge in [-0.25, -0.2) is 14.2 Å². The van der Waals surface area contributed by atoms with Gasteiger partial charge in [-0.3, -0.25) is 0 Å². The first-order chi connectivity index (χ1) is 11.0. The highest BCUT2D eigenvalue weighted by Gasteiger charge is 2.21. The second-order valence-corrected chi connectivity index (χ2v) is 5.29. The maximum Gasteiger partial charge on any atom is 0.315 e. The molecule has 124 valence electrons. The van der Waals surface area contributed by atoms with E-state index >= 15 is 0 Å². The third kappa shape index (κ3) is 4.29. The fraction of sp³-hybridized carbons (Fsp3) is 0.375. The highest BCUT2D eigenvalue weighted by Crippen LogP contribution is 2.20. The first kappa shape index (κ1) is 17.0. The molecule has 2 amide bonds. The van der Waals surface area contributed by atoms with Gasteiger partial charge in [0, 0.05) is 19.4 Å². The molecule has 0 saturated heterocycles. The van der Waals surface area contributed by atoms with Gasteiger partial charge in [0.2, 0.25) is 0 Å². The Morgan fingerprint density at radius 1 is 1.35 bits per heavy atom. The minimum atomic E-state index is -0.521. The number of carbonyl (C=O) groups excluding carboxylic acids is 1. The van der Waals surface area contributed by atoms with Gasteiger partial charge in [-0.2, -0.15) is 0 Å². The Hall–Kier alpha value is -2.41. The molecule has 0 aliphatic carbocycles. The molecular formula is C16H21FN4O2. The quantitative estimate of drug-likeness (QED) is 0.758. The van der Waals surface area contributed by atoms with Crippen molar-refractivity contribution >= 4 is 6.03 Å². The molecule has 0 bridgehead atoms. The van der Waals surface area contributed by atoms with E-state index in [4.69, 9.17) is 0 Å². The Morgan fingerprint density at radius 3 is 2.57 bits per heavy atom. The normalized spacial score (nSPS) is 13.4. The summed E-state index contributed by atoms with van der Waals surface area (Å²) in [7, 11) is 1.82. The van der Waals surface area contributed by atoms with Crippen LogP contribution in [0.3, 0.4) is 0 Å². The lowest BCUT2D eigenvalue weighted by atomic mass is 10.1. The number of benzene rings is 1. The van der Waals surface area contributed by atoms with Gasteiger partial charge >= 0.3 is 6.03 Å². The highest BCUT2D eigenvalue weighted by atomic mass is 19.1. The number of aliphatic hydroxyl groups excluding tert-OH is 1. The maximum atomic E-state index is 13.1. The number of nitrogens with zero attached hydrogens (tertiary/aromatic N) is 2. The number of aliphatic hydroxyl groups is 1. The third-order valence-electron chi connectivity index (χ3n) is 3.64. The van der Waals surface area contributed by atoms with Crippen molar-refractivity contribution in [2.24, 2.45) is 7.05 Å². The summed E-state index contributed by atoms with van der Waals surface area (Å²) >= 11 is 0. The van der Waals surface area contributed by atoms with Gasteiger partial charge < -0.3 is 20.3 Å². The molecule has 6 nitrogen and oxygen atoms in total. The summed E-state index contributed by atoms with van der Waals surface area (Å²) in [6, 6.07) is 4.65. The molecule has 0 unspecified atom stereocenters. The van der Waals surface area contributed by atoms with E-state index in [2.05, 4.69) is 15.6 Å². The summed E-state index contributed by atoms with van der Waals surface area (Å²) in [5, 5.41) is 14.7. The van der Waals surface area contributed by atoms with Crippen LogP contribution in [0, 0.1) is 5.82 Å². The van der Waals surface area contributed by atoms with Crippen molar-refractivity contribution < 1.29 is 14.3 Å². The van der Waals surface area contributed by atoms with Crippen molar-refractivity contribution in [3.8, 4) is 0 Å². The van der Waals surface area contributed by atoms with E-state index in [-0.39, 0.29) is 18.5 Å². The van der Waals surface area contributed by atoms with Crippen LogP contribution in [0.2, 0.25) is 0 Å². The number of hydrogen-bond acceptors (Lipinski definition) is 3. The smallest absolute Gasteiger partial charge is 0.315 e. The zero-order valence-corrected chi connectivity index (χ0v) is 13.2. The first-order valence-corrected chi connectivity index (χ1v) is 7.45. The summed E-state index contributed by atoms with van der Waals surface area (Å²) in [6.45, 7) is 1.74. The molecule has 7 heteroatoms. The van der Waals surface area contributed by atoms with Gasteiger partial charge in [0.1, 0.15) is 17.7 Å². The molecule has 0 aliphatic heterocycles. The Kier molecular flexibility index (Phi) is 5.70. The molecule has 1 aromatic carbocycles. The summed E-state index contributed by atoms with van der Waals surface area (Å²) in [5.41, 5.74) is 0.716. The number of amides is 2. The molecule has 0 spiro atoms. The molecule has 2 aromatic rings. The fourth-order valence-corrected chi connectivity index (χ4v) is 2.24. The van der Waals surface area contributed by atoms with Crippen LogP contribution in [0.5, 0.6) is 0 Å². The Bertz CT molecular complexity index is 638. The number of carbonyl (C=O) groups is 1. The predicted molar refractivity (Wildman–Crippen MR) is 84.3 cm³/mol. The highest BCUT2D eigenvalue weighted by molar-refractivity contribution is 5.75. The van der Waals surface area contributed by atoms with Crippen LogP contribution >= 0.6 is 0 Å². The topological polar surface area (TPSA) is 79.2 Å². The monoisotopic (exact) mass is 320 g/mol. The summed E-state index contributed by atoms with van der Waals surface area (Å²) in [5.74, 6) is 0.284. The molecule has 0 saturated carbocycles. The van der Waals surface area contributed by atoms with E-state index in [1.165, 1.54) is 12.1 Å². The summed E-state index contributed by atoms with van der Waals surface area (Å²) in [4.78, 5) is 16.4. The van der Waals surface area contributed by atoms with Crippen molar-refractivity contribution in [1.29, 1.82) is 0 Å². The minimum absolute atomic E-state index is 0.131. The van der Waals surface area contributed by atoms with Gasteiger partial charge in [0.05, 0.1) is 12.6 Å². The minimum Gasteiger partial charge on any atom is -0.394 e. The van der Waals surface area contributed by atoms with E-state index < -0.39 is 12.1 Å². The zero-order chi connectivity index (χ0) is 16.8. The van der Waals surface area contributed by atoms with Gasteiger partial charge in [-0.15, -0.1) is 0 Å². The van der Waals surface area contributed by atoms with Crippen LogP contribution in [0.25, 0.3) is 0 Å². The number of aromatic nitrogens is 2. The Labute approximate surface area is 134 Å². The zero-order valence-electron chi connectivity index (χ0n) is 13.2. The largest absolute Gasteiger partial charge is 0.394 e. The third-order valence-corrected chi connectivity index (χ3v) is 3.64. The van der Waals surface area contributed by atoms with Crippen LogP contribution in [0.4, 0.5) is 9.18 Å². The SMILES string of the molecule is CC[C@H](CO)NC(=O)N[C@@H](c1ccc(F)cc1)c1nccn1C. The van der Waals surface area contributed by atoms with E-state index in [1.807, 2.05) is 14.0 Å². The molecular weight excluding hydrogens is 299 g/mol. The van der Waals surface area contributed by atoms with Crippen LogP contribution in [0.1, 0.15) is 30.8 Å². The lowest BCUT2D eigenvalue weighted by Crippen LogP contribution is -2.45. The van der Waals surface area contributed by atoms with E-state index in [9.17, 15) is 14.3 Å². The number of hydrogen-bond donors (Lipinski definition) is 3. The molecule has 2 rings (SSSR count). The van der Waals surface area contributed by atoms with Gasteiger partial charge in [-0.05, 0) is 24.1 Å². The first-order valence-electron chi connectivity index (χ1n) is 7.45. The molecule has 3 N–H and O–H groups in total. The molecule has 0 aliphatic rings. The lowest BCUT2D eigenvalue weighted by Gasteiger charge is -2.21. The lowest BCUT2D eigenvalue weighted by molar-refractivity contribution is 0.212. The predicted octanol–water partition coefficient (Wildman–Crippen LogP) is 1.72. The van der Waals surface area contributed by atoms with Crippen LogP contribution in [-0.4, -0.2) is 33.3 Å². The van der Waals surface area contributed by atoms with Crippen molar-refractivity contribution in [2.75, 3.05) is 6.61 Å². The van der Waals surface area contributed by atoms with Gasteiger partial charge in [-0.1, -0.05) is 19.1 Å². The molecule has 1 heterocycles. The number of imidazole rings is 1. The van der Waals surface area contributed by atoms with E-state index in [1.54, 1.807) is 29.1 Å². The number of rotatable bonds is 6. The number of urea groups is 1. The van der Waals surface area contributed by atoms with Crippen LogP contribution < -0.4 is 10.6 Å². The summed E-state index contributed by atoms with van der Waals surface area (Å²) < 4.78 is 14.9. The fourth-order valence-electron chi connectivity index (χ4n) is 2.24. The van der Waals surface area contributed by atoms with Crippen molar-refractivity contribution in [3.63, 3.8) is 0 Å². The second kappa shape index (κ2) is 7.73. The van der Waals surface area contributed by atoms with Gasteiger partial charge in [0.15, 0.2) is 0 Å². The number of halogens is 1. The molecule has 23 heavy (non-hydrogen) atoms. The van der Waals surface area contributed by atoms with Gasteiger partial charge in [0.25, 0.3) is 0 Å². The van der Waals surface area contributed by atoms with Crippen LogP contribution in [0.15, 0.2) is 36.7 Å². The van der Waals surface area contributed by atoms with Crippen molar-refractivity contribution in [2.45, 2.75) is 25.4 Å². The molecule has 0 fully saturated rings. The average Bonchev–Trinajstić information content (AvgIpc) is 2.97. The number of aryl methyl sites for hydroxylation is 1. The maximum absolute atomic E-state index is 13.1. The standard InChI is InChI=1S/C16H21FN4O2/c1-3-13(10-22)19-16(23)20-14(15-18-8-9-21(15)2)11-4-6-12(17)7-5-11/h4-9,13-14,22H,3,10H2,1-2H3,(H2,19,20,23)/t13-,14+/m1/s1. The molecule has 0 radical (unpaired) electrons. The Balaban J connectivity index is 2.22. The van der Waals surface area contributed by atoms with Crippen molar-refractivity contribution in [1.82, 2.24) is 20.2 Å². The average molecular weight is 320 g/mol. The molecule has 1 aromatic heterocycles. The van der Waals surface area contributed by atoms with Crippen molar-refractivity contribution in [3.05, 3.63) is 53.9 Å². The van der Waals surface area contributed by atoms with E-state index in [0.717, 1.165) is 0 Å². The second-order valence-electron chi connectivity index (χ2n) is 5.29. The summed E-state index contributed by atoms with van der Waals surface area (Å²) in [6.07, 6.45) is 4.02.